The van der Waals surface area contributed by atoms with Crippen LogP contribution in [0.15, 0.2) is 0 Å². The monoisotopic (exact) mass is 200 g/mol. The molecule has 82 valence electrons. The first-order valence-electron chi connectivity index (χ1n) is 5.21. The van der Waals surface area contributed by atoms with Crippen LogP contribution >= 0.6 is 0 Å². The zero-order valence-corrected chi connectivity index (χ0v) is 8.99. The lowest BCUT2D eigenvalue weighted by atomic mass is 10.1. The molecule has 2 atom stereocenters. The average molecular weight is 200 g/mol. The van der Waals surface area contributed by atoms with E-state index in [4.69, 9.17) is 5.11 Å². The number of carboxylic acids is 1. The van der Waals surface area contributed by atoms with Gasteiger partial charge in [0, 0.05) is 13.1 Å². The van der Waals surface area contributed by atoms with E-state index in [9.17, 15) is 4.79 Å². The number of likely N-dealkylation sites (tertiary alicyclic amines) is 1. The minimum atomic E-state index is -0.721. The molecule has 0 aromatic heterocycles. The van der Waals surface area contributed by atoms with Crippen LogP contribution < -0.4 is 5.32 Å². The highest BCUT2D eigenvalue weighted by Gasteiger charge is 2.19. The van der Waals surface area contributed by atoms with E-state index in [1.54, 1.807) is 6.92 Å². The Kier molecular flexibility index (Phi) is 4.35. The molecule has 1 heterocycles. The summed E-state index contributed by atoms with van der Waals surface area (Å²) >= 11 is 0. The van der Waals surface area contributed by atoms with Crippen LogP contribution in [0, 0.1) is 11.8 Å². The molecule has 14 heavy (non-hydrogen) atoms. The summed E-state index contributed by atoms with van der Waals surface area (Å²) < 4.78 is 0. The van der Waals surface area contributed by atoms with Crippen LogP contribution in [0.3, 0.4) is 0 Å². The van der Waals surface area contributed by atoms with Crippen LogP contribution in [0.5, 0.6) is 0 Å². The molecule has 0 aromatic carbocycles. The molecule has 0 bridgehead atoms. The van der Waals surface area contributed by atoms with E-state index in [1.807, 2.05) is 0 Å². The number of hydrogen-bond donors (Lipinski definition) is 2. The van der Waals surface area contributed by atoms with E-state index < -0.39 is 5.97 Å². The maximum Gasteiger partial charge on any atom is 0.307 e. The predicted molar refractivity (Wildman–Crippen MR) is 55.3 cm³/mol. The molecular weight excluding hydrogens is 180 g/mol. The topological polar surface area (TPSA) is 52.6 Å². The van der Waals surface area contributed by atoms with Gasteiger partial charge in [-0.3, -0.25) is 4.79 Å². The number of nitrogens with zero attached hydrogens (tertiary/aromatic N) is 1. The molecule has 4 heteroatoms. The number of hydrogen-bond acceptors (Lipinski definition) is 3. The van der Waals surface area contributed by atoms with Gasteiger partial charge in [-0.25, -0.2) is 0 Å². The third kappa shape index (κ3) is 3.64. The second-order valence-electron chi connectivity index (χ2n) is 4.31. The maximum absolute atomic E-state index is 10.5. The van der Waals surface area contributed by atoms with E-state index in [-0.39, 0.29) is 5.92 Å². The van der Waals surface area contributed by atoms with Crippen molar-refractivity contribution in [1.29, 1.82) is 0 Å². The first kappa shape index (κ1) is 11.5. The summed E-state index contributed by atoms with van der Waals surface area (Å²) in [5.41, 5.74) is 0. The standard InChI is InChI=1S/C10H20N2O2/c1-8(10(13)14)5-11-6-9-3-4-12(2)7-9/h8-9,11H,3-7H2,1-2H3,(H,13,14). The van der Waals surface area contributed by atoms with Gasteiger partial charge in [-0.05, 0) is 32.5 Å². The lowest BCUT2D eigenvalue weighted by Gasteiger charge is -2.13. The van der Waals surface area contributed by atoms with Gasteiger partial charge in [0.15, 0.2) is 0 Å². The number of aliphatic carboxylic acids is 1. The quantitative estimate of drug-likeness (QED) is 0.668. The number of nitrogens with one attached hydrogen (secondary N) is 1. The molecule has 1 saturated heterocycles. The SMILES string of the molecule is CC(CNCC1CCN(C)C1)C(=O)O. The molecule has 2 unspecified atom stereocenters. The Labute approximate surface area is 85.3 Å². The lowest BCUT2D eigenvalue weighted by Crippen LogP contribution is -2.31. The molecule has 0 spiro atoms. The van der Waals surface area contributed by atoms with Crippen LogP contribution in [0.25, 0.3) is 0 Å². The fourth-order valence-corrected chi connectivity index (χ4v) is 1.78. The van der Waals surface area contributed by atoms with E-state index in [1.165, 1.54) is 13.0 Å². The molecule has 1 fully saturated rings. The summed E-state index contributed by atoms with van der Waals surface area (Å²) in [6.45, 7) is 5.56. The highest BCUT2D eigenvalue weighted by molar-refractivity contribution is 5.69. The zero-order chi connectivity index (χ0) is 10.6. The molecule has 0 radical (unpaired) electrons. The number of carbonyl (C=O) groups is 1. The molecule has 0 aliphatic carbocycles. The van der Waals surface area contributed by atoms with Crippen molar-refractivity contribution in [2.45, 2.75) is 13.3 Å². The van der Waals surface area contributed by atoms with Gasteiger partial charge in [0.1, 0.15) is 0 Å². The van der Waals surface area contributed by atoms with Crippen LogP contribution in [0.1, 0.15) is 13.3 Å². The summed E-state index contributed by atoms with van der Waals surface area (Å²) in [7, 11) is 2.12. The Bertz CT molecular complexity index is 197. The molecule has 0 aromatic rings. The van der Waals surface area contributed by atoms with Gasteiger partial charge in [-0.2, -0.15) is 0 Å². The maximum atomic E-state index is 10.5. The fraction of sp³-hybridized carbons (Fsp3) is 0.900. The van der Waals surface area contributed by atoms with Crippen molar-refractivity contribution in [1.82, 2.24) is 10.2 Å². The molecule has 4 nitrogen and oxygen atoms in total. The van der Waals surface area contributed by atoms with E-state index in [2.05, 4.69) is 17.3 Å². The van der Waals surface area contributed by atoms with Crippen molar-refractivity contribution in [3.63, 3.8) is 0 Å². The van der Waals surface area contributed by atoms with Gasteiger partial charge in [0.25, 0.3) is 0 Å². The van der Waals surface area contributed by atoms with Gasteiger partial charge in [0.05, 0.1) is 5.92 Å². The van der Waals surface area contributed by atoms with Gasteiger partial charge in [-0.15, -0.1) is 0 Å². The van der Waals surface area contributed by atoms with Gasteiger partial charge < -0.3 is 15.3 Å². The van der Waals surface area contributed by atoms with Crippen LogP contribution in [-0.4, -0.2) is 49.2 Å². The number of rotatable bonds is 5. The van der Waals surface area contributed by atoms with Crippen LogP contribution in [0.2, 0.25) is 0 Å². The Balaban J connectivity index is 2.07. The van der Waals surface area contributed by atoms with Crippen molar-refractivity contribution in [2.75, 3.05) is 33.2 Å². The molecular formula is C10H20N2O2. The van der Waals surface area contributed by atoms with E-state index in [0.29, 0.717) is 12.5 Å². The van der Waals surface area contributed by atoms with Crippen LogP contribution in [0.4, 0.5) is 0 Å². The molecule has 2 N–H and O–H groups in total. The van der Waals surface area contributed by atoms with Crippen molar-refractivity contribution in [3.8, 4) is 0 Å². The first-order chi connectivity index (χ1) is 6.59. The first-order valence-corrected chi connectivity index (χ1v) is 5.21. The average Bonchev–Trinajstić information content (AvgIpc) is 2.51. The highest BCUT2D eigenvalue weighted by atomic mass is 16.4. The smallest absolute Gasteiger partial charge is 0.307 e. The summed E-state index contributed by atoms with van der Waals surface area (Å²) in [4.78, 5) is 12.8. The molecule has 0 saturated carbocycles. The third-order valence-electron chi connectivity index (χ3n) is 2.79. The zero-order valence-electron chi connectivity index (χ0n) is 8.99. The Morgan fingerprint density at radius 3 is 2.93 bits per heavy atom. The summed E-state index contributed by atoms with van der Waals surface area (Å²) in [6, 6.07) is 0. The minimum Gasteiger partial charge on any atom is -0.481 e. The molecule has 1 aliphatic rings. The summed E-state index contributed by atoms with van der Waals surface area (Å²) in [5.74, 6) is -0.309. The van der Waals surface area contributed by atoms with Gasteiger partial charge in [0.2, 0.25) is 0 Å². The Morgan fingerprint density at radius 2 is 2.43 bits per heavy atom. The normalized spacial score (nSPS) is 25.1. The lowest BCUT2D eigenvalue weighted by molar-refractivity contribution is -0.140. The fourth-order valence-electron chi connectivity index (χ4n) is 1.78. The Hall–Kier alpha value is -0.610. The van der Waals surface area contributed by atoms with Crippen molar-refractivity contribution in [3.05, 3.63) is 0 Å². The van der Waals surface area contributed by atoms with Crippen molar-refractivity contribution >= 4 is 5.97 Å². The summed E-state index contributed by atoms with van der Waals surface area (Å²) in [5, 5.41) is 11.9. The summed E-state index contributed by atoms with van der Waals surface area (Å²) in [6.07, 6.45) is 1.23. The van der Waals surface area contributed by atoms with E-state index in [0.717, 1.165) is 13.1 Å². The number of carboxylic acid groups (broad SMARTS) is 1. The predicted octanol–water partition coefficient (Wildman–Crippen LogP) is 0.248. The highest BCUT2D eigenvalue weighted by Crippen LogP contribution is 2.12. The molecule has 1 aliphatic heterocycles. The molecule has 1 rings (SSSR count). The van der Waals surface area contributed by atoms with Crippen molar-refractivity contribution in [2.24, 2.45) is 11.8 Å². The van der Waals surface area contributed by atoms with Gasteiger partial charge >= 0.3 is 5.97 Å². The largest absolute Gasteiger partial charge is 0.481 e. The van der Waals surface area contributed by atoms with E-state index >= 15 is 0 Å². The van der Waals surface area contributed by atoms with Crippen molar-refractivity contribution < 1.29 is 9.90 Å². The Morgan fingerprint density at radius 1 is 1.71 bits per heavy atom. The second kappa shape index (κ2) is 5.32. The van der Waals surface area contributed by atoms with Gasteiger partial charge in [-0.1, -0.05) is 6.92 Å². The molecule has 0 amide bonds. The van der Waals surface area contributed by atoms with Crippen LogP contribution in [-0.2, 0) is 4.79 Å². The minimum absolute atomic E-state index is 0.283. The second-order valence-corrected chi connectivity index (χ2v) is 4.31. The third-order valence-corrected chi connectivity index (χ3v) is 2.79.